The van der Waals surface area contributed by atoms with Crippen LogP contribution < -0.4 is 5.73 Å². The highest BCUT2D eigenvalue weighted by Gasteiger charge is 2.06. The number of hydrogen-bond acceptors (Lipinski definition) is 2. The van der Waals surface area contributed by atoms with Gasteiger partial charge in [0.15, 0.2) is 0 Å². The van der Waals surface area contributed by atoms with E-state index in [1.165, 1.54) is 0 Å². The predicted molar refractivity (Wildman–Crippen MR) is 39.4 cm³/mol. The zero-order valence-electron chi connectivity index (χ0n) is 5.25. The first kappa shape index (κ1) is 6.23. The third-order valence-corrected chi connectivity index (χ3v) is 1.36. The highest BCUT2D eigenvalue weighted by Crippen LogP contribution is 2.10. The largest absolute Gasteiger partial charge is 0.322 e. The summed E-state index contributed by atoms with van der Waals surface area (Å²) in [6.45, 7) is 3.40. The molecule has 0 spiro atoms. The Bertz CT molecular complexity index is 168. The Morgan fingerprint density at radius 1 is 1.78 bits per heavy atom. The Morgan fingerprint density at radius 2 is 2.56 bits per heavy atom. The topological polar surface area (TPSA) is 38.4 Å². The fourth-order valence-corrected chi connectivity index (χ4v) is 0.806. The lowest BCUT2D eigenvalue weighted by Crippen LogP contribution is -2.21. The van der Waals surface area contributed by atoms with Crippen molar-refractivity contribution in [3.63, 3.8) is 0 Å². The van der Waals surface area contributed by atoms with Gasteiger partial charge in [-0.2, -0.15) is 0 Å². The van der Waals surface area contributed by atoms with E-state index in [-0.39, 0.29) is 6.04 Å². The minimum Gasteiger partial charge on any atom is -0.322 e. The molecule has 48 valence electrons. The molecule has 0 heterocycles. The van der Waals surface area contributed by atoms with E-state index in [4.69, 9.17) is 5.73 Å². The summed E-state index contributed by atoms with van der Waals surface area (Å²) in [6, 6.07) is 0.0625. The van der Waals surface area contributed by atoms with Crippen LogP contribution in [0.15, 0.2) is 28.9 Å². The number of rotatable bonds is 1. The van der Waals surface area contributed by atoms with Gasteiger partial charge < -0.3 is 5.73 Å². The third kappa shape index (κ3) is 1.27. The molecule has 0 radical (unpaired) electrons. The van der Waals surface area contributed by atoms with Crippen LogP contribution in [0.5, 0.6) is 0 Å². The van der Waals surface area contributed by atoms with E-state index in [2.05, 4.69) is 11.7 Å². The Balaban J connectivity index is 2.74. The van der Waals surface area contributed by atoms with Gasteiger partial charge >= 0.3 is 0 Å². The van der Waals surface area contributed by atoms with Gasteiger partial charge in [-0.25, -0.2) is 0 Å². The number of hydrogen-bond donors (Lipinski definition) is 1. The fraction of sp³-hybridized carbons (Fsp3) is 0.286. The summed E-state index contributed by atoms with van der Waals surface area (Å²) in [7, 11) is 0. The molecule has 9 heavy (non-hydrogen) atoms. The maximum Gasteiger partial charge on any atom is 0.0566 e. The van der Waals surface area contributed by atoms with Crippen molar-refractivity contribution in [2.45, 2.75) is 12.5 Å². The summed E-state index contributed by atoms with van der Waals surface area (Å²) in [4.78, 5) is 3.76. The van der Waals surface area contributed by atoms with Crippen molar-refractivity contribution in [3.8, 4) is 0 Å². The first-order valence-corrected chi connectivity index (χ1v) is 2.93. The first-order valence-electron chi connectivity index (χ1n) is 2.93. The molecule has 0 amide bonds. The van der Waals surface area contributed by atoms with Crippen molar-refractivity contribution in [1.82, 2.24) is 0 Å². The summed E-state index contributed by atoms with van der Waals surface area (Å²) < 4.78 is 0. The van der Waals surface area contributed by atoms with Crippen LogP contribution in [-0.4, -0.2) is 12.8 Å². The highest BCUT2D eigenvalue weighted by atomic mass is 14.8. The van der Waals surface area contributed by atoms with E-state index in [9.17, 15) is 0 Å². The molecule has 1 unspecified atom stereocenters. The molecule has 2 heteroatoms. The molecule has 2 N–H and O–H groups in total. The van der Waals surface area contributed by atoms with Crippen molar-refractivity contribution in [3.05, 3.63) is 23.9 Å². The third-order valence-electron chi connectivity index (χ3n) is 1.36. The van der Waals surface area contributed by atoms with Gasteiger partial charge in [0.2, 0.25) is 0 Å². The predicted octanol–water partition coefficient (Wildman–Crippen LogP) is 0.858. The second-order valence-corrected chi connectivity index (χ2v) is 2.02. The minimum atomic E-state index is 0.0625. The van der Waals surface area contributed by atoms with E-state index >= 15 is 0 Å². The quantitative estimate of drug-likeness (QED) is 0.514. The molecule has 0 fully saturated rings. The van der Waals surface area contributed by atoms with Gasteiger partial charge in [0.05, 0.1) is 11.7 Å². The Hall–Kier alpha value is -0.890. The maximum absolute atomic E-state index is 5.64. The molecule has 1 aliphatic carbocycles. The average Bonchev–Trinajstić information content (AvgIpc) is 1.89. The lowest BCUT2D eigenvalue weighted by atomic mass is 10.1. The molecular weight excluding hydrogens is 112 g/mol. The summed E-state index contributed by atoms with van der Waals surface area (Å²) >= 11 is 0. The number of allylic oxidation sites excluding steroid dienone is 2. The molecule has 2 nitrogen and oxygen atoms in total. The van der Waals surface area contributed by atoms with E-state index in [0.29, 0.717) is 0 Å². The molecule has 0 saturated carbocycles. The van der Waals surface area contributed by atoms with Gasteiger partial charge in [-0.15, -0.1) is 0 Å². The van der Waals surface area contributed by atoms with Crippen LogP contribution in [0.1, 0.15) is 6.42 Å². The highest BCUT2D eigenvalue weighted by molar-refractivity contribution is 5.33. The van der Waals surface area contributed by atoms with Gasteiger partial charge in [0.25, 0.3) is 0 Å². The molecule has 0 aromatic heterocycles. The van der Waals surface area contributed by atoms with Crippen LogP contribution in [0.3, 0.4) is 0 Å². The van der Waals surface area contributed by atoms with Crippen LogP contribution >= 0.6 is 0 Å². The SMILES string of the molecule is C=NC1=CC=CCC1N. The lowest BCUT2D eigenvalue weighted by Gasteiger charge is -2.11. The summed E-state index contributed by atoms with van der Waals surface area (Å²) in [5.41, 5.74) is 6.52. The number of aliphatic imine (C=N–C) groups is 1. The molecular formula is C7H10N2. The van der Waals surface area contributed by atoms with E-state index in [1.54, 1.807) is 0 Å². The van der Waals surface area contributed by atoms with Crippen molar-refractivity contribution in [2.75, 3.05) is 0 Å². The van der Waals surface area contributed by atoms with Crippen LogP contribution in [0.4, 0.5) is 0 Å². The standard InChI is InChI=1S/C7H10N2/c1-9-7-5-3-2-4-6(7)8/h2-3,5-6H,1,4,8H2. The lowest BCUT2D eigenvalue weighted by molar-refractivity contribution is 0.766. The van der Waals surface area contributed by atoms with Crippen molar-refractivity contribution in [1.29, 1.82) is 0 Å². The van der Waals surface area contributed by atoms with Crippen molar-refractivity contribution >= 4 is 6.72 Å². The van der Waals surface area contributed by atoms with E-state index < -0.39 is 0 Å². The van der Waals surface area contributed by atoms with E-state index in [1.807, 2.05) is 18.2 Å². The summed E-state index contributed by atoms with van der Waals surface area (Å²) in [5, 5.41) is 0. The van der Waals surface area contributed by atoms with Crippen molar-refractivity contribution in [2.24, 2.45) is 10.7 Å². The number of nitrogens with two attached hydrogens (primary N) is 1. The summed E-state index contributed by atoms with van der Waals surface area (Å²) in [6.07, 6.45) is 6.75. The monoisotopic (exact) mass is 122 g/mol. The van der Waals surface area contributed by atoms with Crippen LogP contribution in [0.25, 0.3) is 0 Å². The Morgan fingerprint density at radius 3 is 3.00 bits per heavy atom. The first-order chi connectivity index (χ1) is 4.34. The fourth-order valence-electron chi connectivity index (χ4n) is 0.806. The average molecular weight is 122 g/mol. The maximum atomic E-state index is 5.64. The molecule has 0 aromatic carbocycles. The summed E-state index contributed by atoms with van der Waals surface area (Å²) in [5.74, 6) is 0. The van der Waals surface area contributed by atoms with Gasteiger partial charge in [-0.05, 0) is 19.2 Å². The Labute approximate surface area is 54.8 Å². The molecule has 1 rings (SSSR count). The van der Waals surface area contributed by atoms with E-state index in [0.717, 1.165) is 12.1 Å². The second-order valence-electron chi connectivity index (χ2n) is 2.02. The van der Waals surface area contributed by atoms with Gasteiger partial charge in [0.1, 0.15) is 0 Å². The molecule has 1 aliphatic rings. The molecule has 0 aliphatic heterocycles. The van der Waals surface area contributed by atoms with Crippen LogP contribution in [0, 0.1) is 0 Å². The van der Waals surface area contributed by atoms with Gasteiger partial charge in [-0.3, -0.25) is 4.99 Å². The zero-order valence-corrected chi connectivity index (χ0v) is 5.25. The molecule has 0 aromatic rings. The van der Waals surface area contributed by atoms with Crippen molar-refractivity contribution < 1.29 is 0 Å². The number of nitrogens with zero attached hydrogens (tertiary/aromatic N) is 1. The molecule has 0 bridgehead atoms. The second kappa shape index (κ2) is 2.60. The van der Waals surface area contributed by atoms with Crippen LogP contribution in [0.2, 0.25) is 0 Å². The Kier molecular flexibility index (Phi) is 1.80. The van der Waals surface area contributed by atoms with Crippen LogP contribution in [-0.2, 0) is 0 Å². The minimum absolute atomic E-state index is 0.0625. The molecule has 0 saturated heterocycles. The normalized spacial score (nSPS) is 25.4. The smallest absolute Gasteiger partial charge is 0.0566 e. The van der Waals surface area contributed by atoms with Gasteiger partial charge in [-0.1, -0.05) is 12.2 Å². The van der Waals surface area contributed by atoms with Gasteiger partial charge in [0, 0.05) is 0 Å². The zero-order chi connectivity index (χ0) is 6.69. The molecule has 1 atom stereocenters.